The Hall–Kier alpha value is -2.77. The molecule has 0 radical (unpaired) electrons. The lowest BCUT2D eigenvalue weighted by Crippen LogP contribution is -2.41. The highest BCUT2D eigenvalue weighted by Crippen LogP contribution is 2.48. The van der Waals surface area contributed by atoms with Crippen LogP contribution in [0.4, 0.5) is 15.3 Å². The zero-order valence-corrected chi connectivity index (χ0v) is 15.7. The summed E-state index contributed by atoms with van der Waals surface area (Å²) in [6.07, 6.45) is 2.44. The van der Waals surface area contributed by atoms with Gasteiger partial charge in [-0.25, -0.2) is 9.59 Å². The minimum absolute atomic E-state index is 0.0559. The second kappa shape index (κ2) is 7.46. The topological polar surface area (TPSA) is 102 Å². The van der Waals surface area contributed by atoms with Crippen molar-refractivity contribution in [1.29, 1.82) is 0 Å². The molecule has 146 valence electrons. The number of amides is 4. The highest BCUT2D eigenvalue weighted by Gasteiger charge is 2.55. The van der Waals surface area contributed by atoms with Crippen molar-refractivity contribution in [1.82, 2.24) is 15.1 Å². The molecule has 0 unspecified atom stereocenters. The van der Waals surface area contributed by atoms with Gasteiger partial charge in [0.15, 0.2) is 0 Å². The van der Waals surface area contributed by atoms with E-state index in [1.807, 2.05) is 12.1 Å². The van der Waals surface area contributed by atoms with E-state index >= 15 is 0 Å². The molecule has 8 nitrogen and oxygen atoms in total. The highest BCUT2D eigenvalue weighted by atomic mass is 16.4. The second-order valence-electron chi connectivity index (χ2n) is 7.61. The first-order valence-corrected chi connectivity index (χ1v) is 9.15. The molecule has 0 bridgehead atoms. The van der Waals surface area contributed by atoms with Gasteiger partial charge in [0.05, 0.1) is 5.41 Å². The fourth-order valence-electron chi connectivity index (χ4n) is 4.02. The van der Waals surface area contributed by atoms with Crippen molar-refractivity contribution in [3.8, 4) is 0 Å². The zero-order valence-electron chi connectivity index (χ0n) is 15.7. The van der Waals surface area contributed by atoms with Crippen LogP contribution in [0.15, 0.2) is 24.3 Å². The number of carboxylic acid groups (broad SMARTS) is 1. The maximum atomic E-state index is 12.5. The molecule has 1 aliphatic heterocycles. The third-order valence-corrected chi connectivity index (χ3v) is 5.64. The second-order valence-corrected chi connectivity index (χ2v) is 7.61. The van der Waals surface area contributed by atoms with Gasteiger partial charge in [0.2, 0.25) is 0 Å². The molecule has 8 heteroatoms. The van der Waals surface area contributed by atoms with Crippen molar-refractivity contribution < 1.29 is 19.5 Å². The standard InChI is InChI=1S/C19H26N4O4/c1-22(2)18(27)21-15-7-5-13(6-8-15)10-20-17(26)23-11-14-4-3-9-19(14,12-23)16(24)25/h5-8,14H,3-4,9-12H2,1-2H3,(H,20,26)(H,21,27)(H,24,25)/t14-,19+/m0/s1. The highest BCUT2D eigenvalue weighted by molar-refractivity contribution is 5.88. The van der Waals surface area contributed by atoms with Gasteiger partial charge in [-0.3, -0.25) is 4.79 Å². The molecule has 2 atom stereocenters. The summed E-state index contributed by atoms with van der Waals surface area (Å²) in [5.41, 5.74) is 0.821. The van der Waals surface area contributed by atoms with Crippen molar-refractivity contribution in [2.45, 2.75) is 25.8 Å². The molecule has 27 heavy (non-hydrogen) atoms. The number of carbonyl (C=O) groups is 3. The first-order chi connectivity index (χ1) is 12.8. The van der Waals surface area contributed by atoms with Gasteiger partial charge in [-0.15, -0.1) is 0 Å². The van der Waals surface area contributed by atoms with Crippen molar-refractivity contribution >= 4 is 23.7 Å². The number of hydrogen-bond acceptors (Lipinski definition) is 3. The van der Waals surface area contributed by atoms with Crippen LogP contribution in [0.3, 0.4) is 0 Å². The number of carbonyl (C=O) groups excluding carboxylic acids is 2. The summed E-state index contributed by atoms with van der Waals surface area (Å²) >= 11 is 0. The fourth-order valence-corrected chi connectivity index (χ4v) is 4.02. The van der Waals surface area contributed by atoms with Gasteiger partial charge in [-0.1, -0.05) is 18.6 Å². The Morgan fingerprint density at radius 1 is 1.26 bits per heavy atom. The molecule has 1 aromatic carbocycles. The van der Waals surface area contributed by atoms with Crippen LogP contribution in [-0.2, 0) is 11.3 Å². The van der Waals surface area contributed by atoms with Gasteiger partial charge in [-0.2, -0.15) is 0 Å². The third-order valence-electron chi connectivity index (χ3n) is 5.64. The molecule has 3 rings (SSSR count). The maximum Gasteiger partial charge on any atom is 0.321 e. The van der Waals surface area contributed by atoms with Crippen LogP contribution in [0, 0.1) is 11.3 Å². The van der Waals surface area contributed by atoms with Crippen LogP contribution in [0.5, 0.6) is 0 Å². The quantitative estimate of drug-likeness (QED) is 0.752. The van der Waals surface area contributed by atoms with Crippen LogP contribution < -0.4 is 10.6 Å². The van der Waals surface area contributed by atoms with E-state index < -0.39 is 11.4 Å². The molecule has 1 aliphatic carbocycles. The summed E-state index contributed by atoms with van der Waals surface area (Å²) < 4.78 is 0. The number of benzene rings is 1. The normalized spacial score (nSPS) is 23.6. The minimum atomic E-state index is -0.782. The summed E-state index contributed by atoms with van der Waals surface area (Å²) in [5.74, 6) is -0.726. The van der Waals surface area contributed by atoms with Crippen molar-refractivity contribution in [3.63, 3.8) is 0 Å². The van der Waals surface area contributed by atoms with Gasteiger partial charge in [0, 0.05) is 39.4 Å². The van der Waals surface area contributed by atoms with Crippen molar-refractivity contribution in [3.05, 3.63) is 29.8 Å². The summed E-state index contributed by atoms with van der Waals surface area (Å²) in [6.45, 7) is 1.14. The molecule has 1 aromatic rings. The summed E-state index contributed by atoms with van der Waals surface area (Å²) in [7, 11) is 3.33. The third kappa shape index (κ3) is 3.84. The van der Waals surface area contributed by atoms with E-state index in [1.54, 1.807) is 31.1 Å². The molecule has 0 spiro atoms. The Morgan fingerprint density at radius 2 is 1.96 bits per heavy atom. The average molecular weight is 374 g/mol. The van der Waals surface area contributed by atoms with Gasteiger partial charge < -0.3 is 25.5 Å². The number of anilines is 1. The molecule has 3 N–H and O–H groups in total. The average Bonchev–Trinajstić information content (AvgIpc) is 3.19. The Morgan fingerprint density at radius 3 is 2.56 bits per heavy atom. The molecule has 4 amide bonds. The molecule has 1 saturated heterocycles. The van der Waals surface area contributed by atoms with E-state index in [0.29, 0.717) is 25.2 Å². The summed E-state index contributed by atoms with van der Waals surface area (Å²) in [6, 6.07) is 6.80. The molecular formula is C19H26N4O4. The number of nitrogens with zero attached hydrogens (tertiary/aromatic N) is 2. The number of carboxylic acids is 1. The van der Waals surface area contributed by atoms with Crippen LogP contribution in [-0.4, -0.2) is 60.1 Å². The van der Waals surface area contributed by atoms with E-state index in [2.05, 4.69) is 10.6 Å². The zero-order chi connectivity index (χ0) is 19.6. The number of urea groups is 2. The Kier molecular flexibility index (Phi) is 5.25. The Balaban J connectivity index is 1.53. The predicted molar refractivity (Wildman–Crippen MR) is 100 cm³/mol. The van der Waals surface area contributed by atoms with Gasteiger partial charge in [0.25, 0.3) is 0 Å². The van der Waals surface area contributed by atoms with E-state index in [9.17, 15) is 19.5 Å². The minimum Gasteiger partial charge on any atom is -0.481 e. The molecular weight excluding hydrogens is 348 g/mol. The number of fused-ring (bicyclic) bond motifs is 1. The van der Waals surface area contributed by atoms with Crippen molar-refractivity contribution in [2.24, 2.45) is 11.3 Å². The first kappa shape index (κ1) is 19.0. The van der Waals surface area contributed by atoms with E-state index in [0.717, 1.165) is 18.4 Å². The van der Waals surface area contributed by atoms with Crippen molar-refractivity contribution in [2.75, 3.05) is 32.5 Å². The first-order valence-electron chi connectivity index (χ1n) is 9.15. The SMILES string of the molecule is CN(C)C(=O)Nc1ccc(CNC(=O)N2C[C@@H]3CCC[C@@]3(C(=O)O)C2)cc1. The molecule has 0 aromatic heterocycles. The fraction of sp³-hybridized carbons (Fsp3) is 0.526. The smallest absolute Gasteiger partial charge is 0.321 e. The predicted octanol–water partition coefficient (Wildman–Crippen LogP) is 2.18. The number of likely N-dealkylation sites (tertiary alicyclic amines) is 1. The van der Waals surface area contributed by atoms with Gasteiger partial charge >= 0.3 is 18.0 Å². The van der Waals surface area contributed by atoms with Crippen LogP contribution in [0.2, 0.25) is 0 Å². The largest absolute Gasteiger partial charge is 0.481 e. The van der Waals surface area contributed by atoms with Crippen LogP contribution >= 0.6 is 0 Å². The van der Waals surface area contributed by atoms with E-state index in [1.165, 1.54) is 4.90 Å². The maximum absolute atomic E-state index is 12.5. The van der Waals surface area contributed by atoms with Crippen LogP contribution in [0.25, 0.3) is 0 Å². The number of rotatable bonds is 4. The molecule has 2 fully saturated rings. The Bertz CT molecular complexity index is 734. The lowest BCUT2D eigenvalue weighted by Gasteiger charge is -2.23. The lowest BCUT2D eigenvalue weighted by atomic mass is 9.81. The molecule has 1 heterocycles. The Labute approximate surface area is 158 Å². The van der Waals surface area contributed by atoms with Gasteiger partial charge in [-0.05, 0) is 36.5 Å². The lowest BCUT2D eigenvalue weighted by molar-refractivity contribution is -0.149. The van der Waals surface area contributed by atoms with E-state index in [-0.39, 0.29) is 24.5 Å². The number of hydrogen-bond donors (Lipinski definition) is 3. The summed E-state index contributed by atoms with van der Waals surface area (Å²) in [5, 5.41) is 15.2. The van der Waals surface area contributed by atoms with E-state index in [4.69, 9.17) is 0 Å². The number of aliphatic carboxylic acids is 1. The molecule has 2 aliphatic rings. The number of nitrogens with one attached hydrogen (secondary N) is 2. The molecule has 1 saturated carbocycles. The summed E-state index contributed by atoms with van der Waals surface area (Å²) in [4.78, 5) is 38.9. The van der Waals surface area contributed by atoms with Gasteiger partial charge in [0.1, 0.15) is 0 Å². The van der Waals surface area contributed by atoms with Crippen LogP contribution in [0.1, 0.15) is 24.8 Å². The monoisotopic (exact) mass is 374 g/mol.